The van der Waals surface area contributed by atoms with Crippen LogP contribution in [0.1, 0.15) is 46.0 Å². The molecule has 0 spiro atoms. The smallest absolute Gasteiger partial charge is 0.279 e. The summed E-state index contributed by atoms with van der Waals surface area (Å²) in [5, 5.41) is 3.32. The molecule has 5 nitrogen and oxygen atoms in total. The summed E-state index contributed by atoms with van der Waals surface area (Å²) >= 11 is 0. The Kier molecular flexibility index (Phi) is 5.45. The molecule has 118 valence electrons. The van der Waals surface area contributed by atoms with E-state index in [1.54, 1.807) is 4.31 Å². The fraction of sp³-hybridized carbons (Fsp3) is 1.00. The first kappa shape index (κ1) is 16.2. The third-order valence-corrected chi connectivity index (χ3v) is 6.27. The summed E-state index contributed by atoms with van der Waals surface area (Å²) in [4.78, 5) is 0. The van der Waals surface area contributed by atoms with Crippen LogP contribution in [0.4, 0.5) is 0 Å². The zero-order valence-electron chi connectivity index (χ0n) is 12.8. The zero-order valence-corrected chi connectivity index (χ0v) is 13.6. The maximum atomic E-state index is 12.4. The summed E-state index contributed by atoms with van der Waals surface area (Å²) in [5.41, 5.74) is 0.187. The SMILES string of the molecule is CCNCC1CCCN(S(=O)(=O)NCC2(C)CCC2)C1. The molecule has 0 aromatic carbocycles. The highest BCUT2D eigenvalue weighted by atomic mass is 32.2. The van der Waals surface area contributed by atoms with E-state index in [0.717, 1.165) is 38.8 Å². The number of hydrogen-bond acceptors (Lipinski definition) is 3. The molecule has 1 aliphatic carbocycles. The molecule has 2 rings (SSSR count). The van der Waals surface area contributed by atoms with Gasteiger partial charge in [0.25, 0.3) is 10.2 Å². The van der Waals surface area contributed by atoms with Gasteiger partial charge in [-0.2, -0.15) is 12.7 Å². The second-order valence-electron chi connectivity index (χ2n) is 6.66. The van der Waals surface area contributed by atoms with E-state index in [4.69, 9.17) is 0 Å². The molecule has 0 amide bonds. The average Bonchev–Trinajstić information content (AvgIpc) is 2.41. The predicted molar refractivity (Wildman–Crippen MR) is 81.7 cm³/mol. The van der Waals surface area contributed by atoms with E-state index in [9.17, 15) is 8.42 Å². The van der Waals surface area contributed by atoms with Crippen LogP contribution >= 0.6 is 0 Å². The Balaban J connectivity index is 1.84. The second kappa shape index (κ2) is 6.73. The summed E-state index contributed by atoms with van der Waals surface area (Å²) in [5.74, 6) is 0.444. The highest BCUT2D eigenvalue weighted by Gasteiger charge is 2.35. The van der Waals surface area contributed by atoms with Gasteiger partial charge in [0.15, 0.2) is 0 Å². The van der Waals surface area contributed by atoms with Crippen molar-refractivity contribution in [3.05, 3.63) is 0 Å². The average molecular weight is 303 g/mol. The highest BCUT2D eigenvalue weighted by Crippen LogP contribution is 2.39. The lowest BCUT2D eigenvalue weighted by atomic mass is 9.71. The second-order valence-corrected chi connectivity index (χ2v) is 8.42. The third kappa shape index (κ3) is 4.16. The molecule has 1 saturated carbocycles. The summed E-state index contributed by atoms with van der Waals surface area (Å²) in [6.45, 7) is 8.01. The molecule has 2 aliphatic rings. The van der Waals surface area contributed by atoms with Crippen LogP contribution in [0.3, 0.4) is 0 Å². The first-order valence-corrected chi connectivity index (χ1v) is 9.35. The molecule has 1 unspecified atom stereocenters. The lowest BCUT2D eigenvalue weighted by Gasteiger charge is -2.39. The quantitative estimate of drug-likeness (QED) is 0.746. The monoisotopic (exact) mass is 303 g/mol. The van der Waals surface area contributed by atoms with Crippen molar-refractivity contribution in [2.75, 3.05) is 32.7 Å². The van der Waals surface area contributed by atoms with Crippen molar-refractivity contribution in [1.82, 2.24) is 14.3 Å². The molecule has 0 aromatic heterocycles. The van der Waals surface area contributed by atoms with Gasteiger partial charge in [0.2, 0.25) is 0 Å². The first-order valence-electron chi connectivity index (χ1n) is 7.91. The number of nitrogens with one attached hydrogen (secondary N) is 2. The Morgan fingerprint density at radius 2 is 2.05 bits per heavy atom. The molecule has 0 bridgehead atoms. The maximum Gasteiger partial charge on any atom is 0.279 e. The fourth-order valence-corrected chi connectivity index (χ4v) is 4.56. The molecule has 1 saturated heterocycles. The lowest BCUT2D eigenvalue weighted by molar-refractivity contribution is 0.164. The van der Waals surface area contributed by atoms with Crippen LogP contribution in [0.15, 0.2) is 0 Å². The summed E-state index contributed by atoms with van der Waals surface area (Å²) < 4.78 is 29.2. The van der Waals surface area contributed by atoms with Gasteiger partial charge >= 0.3 is 0 Å². The van der Waals surface area contributed by atoms with E-state index in [1.807, 2.05) is 0 Å². The minimum absolute atomic E-state index is 0.187. The van der Waals surface area contributed by atoms with Crippen LogP contribution in [-0.4, -0.2) is 45.4 Å². The normalized spacial score (nSPS) is 27.2. The van der Waals surface area contributed by atoms with Crippen LogP contribution in [0, 0.1) is 11.3 Å². The van der Waals surface area contributed by atoms with Gasteiger partial charge in [0.1, 0.15) is 0 Å². The molecule has 2 fully saturated rings. The molecule has 20 heavy (non-hydrogen) atoms. The Labute approximate surface area is 123 Å². The third-order valence-electron chi connectivity index (χ3n) is 4.75. The Bertz CT molecular complexity index is 407. The minimum atomic E-state index is -3.30. The fourth-order valence-electron chi connectivity index (χ4n) is 3.07. The molecular formula is C14H29N3O2S. The maximum absolute atomic E-state index is 12.4. The van der Waals surface area contributed by atoms with Crippen LogP contribution in [0.2, 0.25) is 0 Å². The van der Waals surface area contributed by atoms with E-state index in [1.165, 1.54) is 6.42 Å². The van der Waals surface area contributed by atoms with Crippen LogP contribution in [0.5, 0.6) is 0 Å². The zero-order chi connectivity index (χ0) is 14.6. The van der Waals surface area contributed by atoms with Gasteiger partial charge < -0.3 is 5.32 Å². The van der Waals surface area contributed by atoms with Crippen molar-refractivity contribution in [3.8, 4) is 0 Å². The Morgan fingerprint density at radius 3 is 2.65 bits per heavy atom. The van der Waals surface area contributed by atoms with Gasteiger partial charge in [-0.3, -0.25) is 0 Å². The van der Waals surface area contributed by atoms with Gasteiger partial charge in [-0.15, -0.1) is 0 Å². The molecule has 0 aromatic rings. The van der Waals surface area contributed by atoms with E-state index >= 15 is 0 Å². The van der Waals surface area contributed by atoms with Gasteiger partial charge in [-0.25, -0.2) is 4.72 Å². The molecule has 1 aliphatic heterocycles. The standard InChI is InChI=1S/C14H29N3O2S/c1-3-15-10-13-6-4-9-17(11-13)20(18,19)16-12-14(2)7-5-8-14/h13,15-16H,3-12H2,1-2H3. The van der Waals surface area contributed by atoms with E-state index in [0.29, 0.717) is 25.6 Å². The number of hydrogen-bond donors (Lipinski definition) is 2. The van der Waals surface area contributed by atoms with E-state index in [-0.39, 0.29) is 5.41 Å². The van der Waals surface area contributed by atoms with Crippen molar-refractivity contribution in [3.63, 3.8) is 0 Å². The van der Waals surface area contributed by atoms with E-state index < -0.39 is 10.2 Å². The molecule has 1 heterocycles. The Hall–Kier alpha value is -0.170. The van der Waals surface area contributed by atoms with Crippen LogP contribution < -0.4 is 10.0 Å². The van der Waals surface area contributed by atoms with Crippen molar-refractivity contribution in [1.29, 1.82) is 0 Å². The predicted octanol–water partition coefficient (Wildman–Crippen LogP) is 1.33. The number of rotatable bonds is 7. The lowest BCUT2D eigenvalue weighted by Crippen LogP contribution is -2.50. The van der Waals surface area contributed by atoms with Crippen molar-refractivity contribution in [2.24, 2.45) is 11.3 Å². The molecule has 0 radical (unpaired) electrons. The molecule has 2 N–H and O–H groups in total. The molecule has 6 heteroatoms. The highest BCUT2D eigenvalue weighted by molar-refractivity contribution is 7.87. The first-order chi connectivity index (χ1) is 9.45. The van der Waals surface area contributed by atoms with Gasteiger partial charge in [-0.1, -0.05) is 20.3 Å². The van der Waals surface area contributed by atoms with Crippen LogP contribution in [-0.2, 0) is 10.2 Å². The summed E-state index contributed by atoms with van der Waals surface area (Å²) in [7, 11) is -3.30. The number of nitrogens with zero attached hydrogens (tertiary/aromatic N) is 1. The summed E-state index contributed by atoms with van der Waals surface area (Å²) in [6.07, 6.45) is 5.59. The van der Waals surface area contributed by atoms with Gasteiger partial charge in [0.05, 0.1) is 0 Å². The topological polar surface area (TPSA) is 61.4 Å². The van der Waals surface area contributed by atoms with Gasteiger partial charge in [0, 0.05) is 19.6 Å². The Morgan fingerprint density at radius 1 is 1.30 bits per heavy atom. The van der Waals surface area contributed by atoms with Crippen LogP contribution in [0.25, 0.3) is 0 Å². The molecular weight excluding hydrogens is 274 g/mol. The van der Waals surface area contributed by atoms with E-state index in [2.05, 4.69) is 23.9 Å². The largest absolute Gasteiger partial charge is 0.317 e. The van der Waals surface area contributed by atoms with Crippen molar-refractivity contribution < 1.29 is 8.42 Å². The minimum Gasteiger partial charge on any atom is -0.317 e. The van der Waals surface area contributed by atoms with Crippen molar-refractivity contribution >= 4 is 10.2 Å². The van der Waals surface area contributed by atoms with Crippen molar-refractivity contribution in [2.45, 2.75) is 46.0 Å². The van der Waals surface area contributed by atoms with Gasteiger partial charge in [-0.05, 0) is 50.1 Å². The number of piperidine rings is 1. The summed E-state index contributed by atoms with van der Waals surface area (Å²) in [6, 6.07) is 0. The molecule has 1 atom stereocenters.